The summed E-state index contributed by atoms with van der Waals surface area (Å²) in [6, 6.07) is 13.8. The van der Waals surface area contributed by atoms with Gasteiger partial charge in [-0.05, 0) is 74.8 Å². The van der Waals surface area contributed by atoms with Crippen molar-refractivity contribution in [3.8, 4) is 6.01 Å². The monoisotopic (exact) mass is 578 g/mol. The van der Waals surface area contributed by atoms with Crippen LogP contribution in [0.5, 0.6) is 6.01 Å². The van der Waals surface area contributed by atoms with Crippen LogP contribution >= 0.6 is 11.6 Å². The average molecular weight is 579 g/mol. The summed E-state index contributed by atoms with van der Waals surface area (Å²) in [5.41, 5.74) is 3.76. The summed E-state index contributed by atoms with van der Waals surface area (Å²) < 4.78 is 12.0. The van der Waals surface area contributed by atoms with Gasteiger partial charge in [0.15, 0.2) is 0 Å². The standard InChI is InChI=1S/C34H47ClN4O2/c1-4-18-38(19-5-2)33-29(16-8-7-12-25-13-9-14-26-15-10-17-30(35)32(25)26)31(6-3)36-34(37-33)40-21-11-20-39-23-28-22-27(39)24-41-28/h9-10,13-15,17,27-28H,4-8,11-12,16,18-24H2,1-3H3/t27-,28-/m0/s1. The molecule has 2 saturated heterocycles. The van der Waals surface area contributed by atoms with Crippen LogP contribution in [-0.2, 0) is 24.0 Å². The third-order valence-electron chi connectivity index (χ3n) is 8.57. The van der Waals surface area contributed by atoms with Gasteiger partial charge < -0.3 is 14.4 Å². The highest BCUT2D eigenvalue weighted by Gasteiger charge is 2.38. The lowest BCUT2D eigenvalue weighted by Crippen LogP contribution is -2.38. The fourth-order valence-corrected chi connectivity index (χ4v) is 6.92. The first-order valence-electron chi connectivity index (χ1n) is 15.9. The lowest BCUT2D eigenvalue weighted by molar-refractivity contribution is 0.0287. The molecule has 0 unspecified atom stereocenters. The minimum atomic E-state index is 0.444. The van der Waals surface area contributed by atoms with Crippen molar-refractivity contribution in [1.29, 1.82) is 0 Å². The van der Waals surface area contributed by atoms with Crippen LogP contribution in [0.2, 0.25) is 5.02 Å². The van der Waals surface area contributed by atoms with E-state index in [2.05, 4.69) is 54.8 Å². The number of unbranched alkanes of at least 4 members (excludes halogenated alkanes) is 1. The van der Waals surface area contributed by atoms with E-state index in [1.54, 1.807) is 0 Å². The number of ether oxygens (including phenoxy) is 2. The number of hydrogen-bond donors (Lipinski definition) is 0. The van der Waals surface area contributed by atoms with E-state index in [0.29, 0.717) is 24.8 Å². The highest BCUT2D eigenvalue weighted by Crippen LogP contribution is 2.30. The van der Waals surface area contributed by atoms with Gasteiger partial charge in [-0.15, -0.1) is 0 Å². The zero-order valence-electron chi connectivity index (χ0n) is 25.2. The fourth-order valence-electron chi connectivity index (χ4n) is 6.61. The first kappa shape index (κ1) is 30.1. The topological polar surface area (TPSA) is 50.7 Å². The Balaban J connectivity index is 1.26. The molecule has 2 aliphatic rings. The maximum absolute atomic E-state index is 6.59. The molecule has 3 aromatic rings. The van der Waals surface area contributed by atoms with Crippen LogP contribution in [0.25, 0.3) is 10.8 Å². The second kappa shape index (κ2) is 14.7. The summed E-state index contributed by atoms with van der Waals surface area (Å²) in [5.74, 6) is 1.08. The fraction of sp³-hybridized carbons (Fsp3) is 0.588. The maximum Gasteiger partial charge on any atom is 0.318 e. The largest absolute Gasteiger partial charge is 0.463 e. The van der Waals surface area contributed by atoms with E-state index in [9.17, 15) is 0 Å². The molecule has 222 valence electrons. The number of rotatable bonds is 16. The lowest BCUT2D eigenvalue weighted by atomic mass is 9.98. The molecule has 2 aliphatic heterocycles. The maximum atomic E-state index is 6.59. The summed E-state index contributed by atoms with van der Waals surface area (Å²) in [4.78, 5) is 15.0. The smallest absolute Gasteiger partial charge is 0.318 e. The third-order valence-corrected chi connectivity index (χ3v) is 8.88. The van der Waals surface area contributed by atoms with E-state index in [-0.39, 0.29) is 0 Å². The summed E-state index contributed by atoms with van der Waals surface area (Å²) in [7, 11) is 0. The minimum Gasteiger partial charge on any atom is -0.463 e. The van der Waals surface area contributed by atoms with Crippen LogP contribution < -0.4 is 9.64 Å². The van der Waals surface area contributed by atoms with Crippen molar-refractivity contribution >= 4 is 28.2 Å². The number of nitrogens with zero attached hydrogens (tertiary/aromatic N) is 4. The molecule has 6 nitrogen and oxygen atoms in total. The number of halogens is 1. The molecular weight excluding hydrogens is 532 g/mol. The molecule has 0 N–H and O–H groups in total. The van der Waals surface area contributed by atoms with Gasteiger partial charge in [0.25, 0.3) is 0 Å². The van der Waals surface area contributed by atoms with Gasteiger partial charge in [-0.2, -0.15) is 9.97 Å². The predicted octanol–water partition coefficient (Wildman–Crippen LogP) is 7.28. The molecule has 0 amide bonds. The quantitative estimate of drug-likeness (QED) is 0.166. The second-order valence-electron chi connectivity index (χ2n) is 11.6. The van der Waals surface area contributed by atoms with E-state index in [1.165, 1.54) is 28.3 Å². The predicted molar refractivity (Wildman–Crippen MR) is 170 cm³/mol. The van der Waals surface area contributed by atoms with Crippen molar-refractivity contribution in [2.75, 3.05) is 44.3 Å². The number of anilines is 1. The number of likely N-dealkylation sites (tertiary alicyclic amines) is 1. The molecule has 41 heavy (non-hydrogen) atoms. The van der Waals surface area contributed by atoms with E-state index in [4.69, 9.17) is 31.0 Å². The second-order valence-corrected chi connectivity index (χ2v) is 12.0. The van der Waals surface area contributed by atoms with Gasteiger partial charge in [0.2, 0.25) is 0 Å². The molecule has 3 heterocycles. The molecular formula is C34H47ClN4O2. The van der Waals surface area contributed by atoms with Gasteiger partial charge in [0.05, 0.1) is 25.0 Å². The number of hydrogen-bond acceptors (Lipinski definition) is 6. The van der Waals surface area contributed by atoms with Crippen molar-refractivity contribution in [2.45, 2.75) is 90.7 Å². The zero-order chi connectivity index (χ0) is 28.6. The van der Waals surface area contributed by atoms with Crippen molar-refractivity contribution < 1.29 is 9.47 Å². The van der Waals surface area contributed by atoms with Gasteiger partial charge in [-0.25, -0.2) is 0 Å². The van der Waals surface area contributed by atoms with Gasteiger partial charge in [0, 0.05) is 48.2 Å². The summed E-state index contributed by atoms with van der Waals surface area (Å²) in [5, 5.41) is 3.25. The average Bonchev–Trinajstić information content (AvgIpc) is 3.61. The SMILES string of the molecule is CCCN(CCC)c1nc(OCCCN2C[C@@H]3C[C@H]2CO3)nc(CC)c1CCCCc1cccc2cccc(Cl)c12. The molecule has 5 rings (SSSR count). The van der Waals surface area contributed by atoms with E-state index in [1.807, 2.05) is 12.1 Å². The van der Waals surface area contributed by atoms with Crippen LogP contribution in [0.3, 0.4) is 0 Å². The van der Waals surface area contributed by atoms with Crippen molar-refractivity contribution in [1.82, 2.24) is 14.9 Å². The van der Waals surface area contributed by atoms with E-state index >= 15 is 0 Å². The molecule has 1 aromatic heterocycles. The number of aromatic nitrogens is 2. The molecule has 2 bridgehead atoms. The molecule has 2 atom stereocenters. The van der Waals surface area contributed by atoms with Gasteiger partial charge in [0.1, 0.15) is 5.82 Å². The van der Waals surface area contributed by atoms with Crippen LogP contribution in [0, 0.1) is 0 Å². The van der Waals surface area contributed by atoms with Crippen molar-refractivity contribution in [3.63, 3.8) is 0 Å². The molecule has 7 heteroatoms. The third kappa shape index (κ3) is 7.33. The first-order chi connectivity index (χ1) is 20.1. The Labute approximate surface area is 251 Å². The van der Waals surface area contributed by atoms with Crippen LogP contribution in [-0.4, -0.2) is 66.4 Å². The lowest BCUT2D eigenvalue weighted by Gasteiger charge is -2.27. The molecule has 2 aromatic carbocycles. The number of fused-ring (bicyclic) bond motifs is 3. The Kier molecular flexibility index (Phi) is 10.7. The summed E-state index contributed by atoms with van der Waals surface area (Å²) in [6.07, 6.45) is 9.83. The normalized spacial score (nSPS) is 18.4. The molecule has 0 radical (unpaired) electrons. The van der Waals surface area contributed by atoms with Crippen LogP contribution in [0.4, 0.5) is 5.82 Å². The highest BCUT2D eigenvalue weighted by molar-refractivity contribution is 6.35. The van der Waals surface area contributed by atoms with Gasteiger partial charge in [-0.1, -0.05) is 62.7 Å². The van der Waals surface area contributed by atoms with Crippen molar-refractivity contribution in [2.24, 2.45) is 0 Å². The van der Waals surface area contributed by atoms with Crippen LogP contribution in [0.1, 0.15) is 76.1 Å². The van der Waals surface area contributed by atoms with Crippen LogP contribution in [0.15, 0.2) is 36.4 Å². The molecule has 0 aliphatic carbocycles. The Bertz CT molecular complexity index is 1270. The molecule has 0 spiro atoms. The first-order valence-corrected chi connectivity index (χ1v) is 16.3. The van der Waals surface area contributed by atoms with Gasteiger partial charge >= 0.3 is 6.01 Å². The number of aryl methyl sites for hydroxylation is 2. The Morgan fingerprint density at radius 1 is 1.00 bits per heavy atom. The van der Waals surface area contributed by atoms with Crippen molar-refractivity contribution in [3.05, 3.63) is 58.2 Å². The Morgan fingerprint density at radius 2 is 1.78 bits per heavy atom. The van der Waals surface area contributed by atoms with E-state index < -0.39 is 0 Å². The molecule has 2 fully saturated rings. The summed E-state index contributed by atoms with van der Waals surface area (Å²) in [6.45, 7) is 12.3. The van der Waals surface area contributed by atoms with E-state index in [0.717, 1.165) is 101 Å². The highest BCUT2D eigenvalue weighted by atomic mass is 35.5. The number of benzene rings is 2. The molecule has 0 saturated carbocycles. The summed E-state index contributed by atoms with van der Waals surface area (Å²) >= 11 is 6.59. The minimum absolute atomic E-state index is 0.444. The van der Waals surface area contributed by atoms with Gasteiger partial charge in [-0.3, -0.25) is 4.90 Å². The zero-order valence-corrected chi connectivity index (χ0v) is 26.0. The Hall–Kier alpha value is -2.41. The Morgan fingerprint density at radius 3 is 2.49 bits per heavy atom. The number of morpholine rings is 1.